The molecule has 2 aromatic rings. The lowest BCUT2D eigenvalue weighted by molar-refractivity contribution is 0.0599. The van der Waals surface area contributed by atoms with Crippen LogP contribution in [0.2, 0.25) is 0 Å². The third-order valence-corrected chi connectivity index (χ3v) is 3.39. The van der Waals surface area contributed by atoms with E-state index in [1.165, 1.54) is 7.11 Å². The Morgan fingerprint density at radius 1 is 1.18 bits per heavy atom. The maximum absolute atomic E-state index is 11.5. The number of nitrogens with one attached hydrogen (secondary N) is 1. The van der Waals surface area contributed by atoms with Gasteiger partial charge in [0.25, 0.3) is 0 Å². The van der Waals surface area contributed by atoms with Crippen LogP contribution in [0.5, 0.6) is 5.75 Å². The van der Waals surface area contributed by atoms with E-state index >= 15 is 0 Å². The lowest BCUT2D eigenvalue weighted by Crippen LogP contribution is -2.08. The summed E-state index contributed by atoms with van der Waals surface area (Å²) in [6, 6.07) is 9.54. The number of pyridine rings is 1. The summed E-state index contributed by atoms with van der Waals surface area (Å²) in [5, 5.41) is 3.24. The fourth-order valence-corrected chi connectivity index (χ4v) is 2.17. The van der Waals surface area contributed by atoms with E-state index < -0.39 is 0 Å². The van der Waals surface area contributed by atoms with Crippen LogP contribution in [0.25, 0.3) is 0 Å². The van der Waals surface area contributed by atoms with Crippen LogP contribution in [0.4, 0.5) is 5.82 Å². The van der Waals surface area contributed by atoms with Crippen LogP contribution in [-0.2, 0) is 11.3 Å². The number of rotatable bonds is 5. The minimum Gasteiger partial charge on any atom is -0.496 e. The number of aromatic nitrogens is 1. The zero-order valence-corrected chi connectivity index (χ0v) is 13.3. The number of carbonyl (C=O) groups is 1. The number of anilines is 1. The van der Waals surface area contributed by atoms with Crippen LogP contribution in [-0.4, -0.2) is 25.2 Å². The minimum absolute atomic E-state index is 0.378. The molecule has 0 radical (unpaired) electrons. The molecule has 0 saturated carbocycles. The summed E-state index contributed by atoms with van der Waals surface area (Å²) >= 11 is 0. The van der Waals surface area contributed by atoms with Crippen LogP contribution in [0.1, 0.15) is 27.2 Å². The van der Waals surface area contributed by atoms with Crippen molar-refractivity contribution in [2.45, 2.75) is 20.4 Å². The van der Waals surface area contributed by atoms with Gasteiger partial charge in [0, 0.05) is 12.1 Å². The highest BCUT2D eigenvalue weighted by atomic mass is 16.5. The first kappa shape index (κ1) is 15.8. The van der Waals surface area contributed by atoms with Gasteiger partial charge in [-0.3, -0.25) is 0 Å². The Kier molecular flexibility index (Phi) is 4.99. The summed E-state index contributed by atoms with van der Waals surface area (Å²) in [5.74, 6) is 1.17. The van der Waals surface area contributed by atoms with E-state index in [4.69, 9.17) is 9.47 Å². The van der Waals surface area contributed by atoms with Gasteiger partial charge >= 0.3 is 5.97 Å². The van der Waals surface area contributed by atoms with Gasteiger partial charge in [-0.15, -0.1) is 0 Å². The summed E-state index contributed by atoms with van der Waals surface area (Å²) in [4.78, 5) is 15.9. The number of hydrogen-bond acceptors (Lipinski definition) is 5. The quantitative estimate of drug-likeness (QED) is 0.860. The Morgan fingerprint density at radius 3 is 2.59 bits per heavy atom. The molecule has 0 fully saturated rings. The fraction of sp³-hybridized carbons (Fsp3) is 0.294. The molecule has 22 heavy (non-hydrogen) atoms. The molecule has 5 nitrogen and oxygen atoms in total. The van der Waals surface area contributed by atoms with Crippen LogP contribution in [0.15, 0.2) is 30.3 Å². The Bertz CT molecular complexity index is 684. The van der Waals surface area contributed by atoms with E-state index in [2.05, 4.69) is 10.3 Å². The van der Waals surface area contributed by atoms with Crippen molar-refractivity contribution in [1.82, 2.24) is 4.98 Å². The van der Waals surface area contributed by atoms with Gasteiger partial charge in [0.05, 0.1) is 25.5 Å². The summed E-state index contributed by atoms with van der Waals surface area (Å²) in [7, 11) is 3.02. The first-order valence-corrected chi connectivity index (χ1v) is 6.98. The second-order valence-electron chi connectivity index (χ2n) is 4.99. The number of ether oxygens (including phenoxy) is 2. The Hall–Kier alpha value is -2.56. The molecule has 0 aliphatic rings. The normalized spacial score (nSPS) is 10.2. The Balaban J connectivity index is 2.12. The molecule has 0 aliphatic heterocycles. The molecule has 1 aromatic carbocycles. The van der Waals surface area contributed by atoms with Crippen molar-refractivity contribution in [3.8, 4) is 5.75 Å². The zero-order valence-electron chi connectivity index (χ0n) is 13.3. The van der Waals surface area contributed by atoms with E-state index in [-0.39, 0.29) is 5.97 Å². The molecule has 0 saturated heterocycles. The second kappa shape index (κ2) is 6.93. The largest absolute Gasteiger partial charge is 0.496 e. The molecular weight excluding hydrogens is 280 g/mol. The highest BCUT2D eigenvalue weighted by Gasteiger charge is 2.11. The predicted molar refractivity (Wildman–Crippen MR) is 85.4 cm³/mol. The summed E-state index contributed by atoms with van der Waals surface area (Å²) in [5.41, 5.74) is 3.30. The SMILES string of the molecule is COC(=O)c1ccc(NCc2ccc(C)cc2OC)nc1C. The van der Waals surface area contributed by atoms with Crippen LogP contribution < -0.4 is 10.1 Å². The standard InChI is InChI=1S/C17H20N2O3/c1-11-5-6-13(15(9-11)21-3)10-18-16-8-7-14(12(2)19-16)17(20)22-4/h5-9H,10H2,1-4H3,(H,18,19). The maximum Gasteiger partial charge on any atom is 0.339 e. The van der Waals surface area contributed by atoms with Gasteiger partial charge in [-0.05, 0) is 37.6 Å². The average molecular weight is 300 g/mol. The van der Waals surface area contributed by atoms with Crippen molar-refractivity contribution >= 4 is 11.8 Å². The first-order valence-electron chi connectivity index (χ1n) is 6.98. The Labute approximate surface area is 130 Å². The van der Waals surface area contributed by atoms with Crippen LogP contribution in [0.3, 0.4) is 0 Å². The number of benzene rings is 1. The van der Waals surface area contributed by atoms with Crippen molar-refractivity contribution < 1.29 is 14.3 Å². The number of methoxy groups -OCH3 is 2. The van der Waals surface area contributed by atoms with Crippen molar-refractivity contribution in [2.24, 2.45) is 0 Å². The van der Waals surface area contributed by atoms with Gasteiger partial charge in [-0.25, -0.2) is 9.78 Å². The number of esters is 1. The van der Waals surface area contributed by atoms with E-state index in [1.807, 2.05) is 25.1 Å². The van der Waals surface area contributed by atoms with E-state index in [0.29, 0.717) is 23.6 Å². The molecule has 1 aromatic heterocycles. The number of nitrogens with zero attached hydrogens (tertiary/aromatic N) is 1. The number of aryl methyl sites for hydroxylation is 2. The number of carbonyl (C=O) groups excluding carboxylic acids is 1. The van der Waals surface area contributed by atoms with E-state index in [1.54, 1.807) is 26.2 Å². The zero-order chi connectivity index (χ0) is 16.1. The van der Waals surface area contributed by atoms with E-state index in [9.17, 15) is 4.79 Å². The molecule has 0 aliphatic carbocycles. The van der Waals surface area contributed by atoms with Crippen molar-refractivity contribution in [3.63, 3.8) is 0 Å². The molecule has 0 amide bonds. The van der Waals surface area contributed by atoms with Crippen molar-refractivity contribution in [3.05, 3.63) is 52.7 Å². The molecule has 1 N–H and O–H groups in total. The maximum atomic E-state index is 11.5. The lowest BCUT2D eigenvalue weighted by atomic mass is 10.1. The first-order chi connectivity index (χ1) is 10.5. The average Bonchev–Trinajstić information content (AvgIpc) is 2.53. The molecule has 0 unspecified atom stereocenters. The predicted octanol–water partition coefficient (Wildman–Crippen LogP) is 3.11. The number of hydrogen-bond donors (Lipinski definition) is 1. The summed E-state index contributed by atoms with van der Waals surface area (Å²) in [6.07, 6.45) is 0. The highest BCUT2D eigenvalue weighted by molar-refractivity contribution is 5.90. The topological polar surface area (TPSA) is 60.5 Å². The summed E-state index contributed by atoms with van der Waals surface area (Å²) in [6.45, 7) is 4.40. The minimum atomic E-state index is -0.378. The van der Waals surface area contributed by atoms with Gasteiger partial charge in [0.1, 0.15) is 11.6 Å². The third kappa shape index (κ3) is 3.55. The van der Waals surface area contributed by atoms with Gasteiger partial charge in [0.15, 0.2) is 0 Å². The summed E-state index contributed by atoms with van der Waals surface area (Å²) < 4.78 is 10.1. The Morgan fingerprint density at radius 2 is 1.95 bits per heavy atom. The molecule has 2 rings (SSSR count). The fourth-order valence-electron chi connectivity index (χ4n) is 2.17. The van der Waals surface area contributed by atoms with E-state index in [0.717, 1.165) is 16.9 Å². The van der Waals surface area contributed by atoms with Gasteiger partial charge in [-0.2, -0.15) is 0 Å². The van der Waals surface area contributed by atoms with Gasteiger partial charge in [-0.1, -0.05) is 12.1 Å². The third-order valence-electron chi connectivity index (χ3n) is 3.39. The molecule has 0 atom stereocenters. The molecule has 0 bridgehead atoms. The van der Waals surface area contributed by atoms with Gasteiger partial charge in [0.2, 0.25) is 0 Å². The molecule has 5 heteroatoms. The highest BCUT2D eigenvalue weighted by Crippen LogP contribution is 2.21. The van der Waals surface area contributed by atoms with Crippen LogP contribution in [0, 0.1) is 13.8 Å². The molecule has 1 heterocycles. The monoisotopic (exact) mass is 300 g/mol. The molecule has 0 spiro atoms. The van der Waals surface area contributed by atoms with Crippen molar-refractivity contribution in [2.75, 3.05) is 19.5 Å². The second-order valence-corrected chi connectivity index (χ2v) is 4.99. The van der Waals surface area contributed by atoms with Gasteiger partial charge < -0.3 is 14.8 Å². The molecular formula is C17H20N2O3. The lowest BCUT2D eigenvalue weighted by Gasteiger charge is -2.12. The van der Waals surface area contributed by atoms with Crippen molar-refractivity contribution in [1.29, 1.82) is 0 Å². The molecule has 116 valence electrons. The van der Waals surface area contributed by atoms with Crippen LogP contribution >= 0.6 is 0 Å². The smallest absolute Gasteiger partial charge is 0.339 e.